The second-order valence-corrected chi connectivity index (χ2v) is 5.14. The minimum Gasteiger partial charge on any atom is -0.481 e. The summed E-state index contributed by atoms with van der Waals surface area (Å²) in [5.74, 6) is -0.958. The molecule has 1 atom stereocenters. The lowest BCUT2D eigenvalue weighted by Crippen LogP contribution is -2.41. The third-order valence-electron chi connectivity index (χ3n) is 3.68. The molecule has 0 aromatic carbocycles. The van der Waals surface area contributed by atoms with Gasteiger partial charge < -0.3 is 10.0 Å². The highest BCUT2D eigenvalue weighted by Gasteiger charge is 2.41. The molecule has 1 fully saturated rings. The lowest BCUT2D eigenvalue weighted by molar-refractivity contribution is -0.138. The molecule has 4 nitrogen and oxygen atoms in total. The van der Waals surface area contributed by atoms with Gasteiger partial charge in [0.2, 0.25) is 0 Å². The highest BCUT2D eigenvalue weighted by atomic mass is 16.4. The average molecular weight is 237 g/mol. The highest BCUT2D eigenvalue weighted by Crippen LogP contribution is 2.38. The fourth-order valence-corrected chi connectivity index (χ4v) is 3.02. The van der Waals surface area contributed by atoms with Gasteiger partial charge in [-0.15, -0.1) is 0 Å². The zero-order valence-corrected chi connectivity index (χ0v) is 10.4. The summed E-state index contributed by atoms with van der Waals surface area (Å²) in [6.45, 7) is 3.99. The number of rotatable bonds is 3. The van der Waals surface area contributed by atoms with Gasteiger partial charge >= 0.3 is 5.97 Å². The first-order valence-corrected chi connectivity index (χ1v) is 6.28. The van der Waals surface area contributed by atoms with E-state index in [0.29, 0.717) is 5.57 Å². The van der Waals surface area contributed by atoms with E-state index in [2.05, 4.69) is 0 Å². The predicted molar refractivity (Wildman–Crippen MR) is 63.5 cm³/mol. The zero-order chi connectivity index (χ0) is 12.6. The Balaban J connectivity index is 2.33. The minimum absolute atomic E-state index is 0.0516. The van der Waals surface area contributed by atoms with E-state index in [-0.39, 0.29) is 24.4 Å². The van der Waals surface area contributed by atoms with E-state index in [0.717, 1.165) is 31.3 Å². The minimum atomic E-state index is -0.907. The van der Waals surface area contributed by atoms with E-state index in [9.17, 15) is 9.59 Å². The maximum Gasteiger partial charge on any atom is 0.308 e. The summed E-state index contributed by atoms with van der Waals surface area (Å²) < 4.78 is 0. The number of carbonyl (C=O) groups excluding carboxylic acids is 1. The van der Waals surface area contributed by atoms with Crippen molar-refractivity contribution >= 4 is 11.9 Å². The Morgan fingerprint density at radius 3 is 2.76 bits per heavy atom. The second kappa shape index (κ2) is 4.51. The van der Waals surface area contributed by atoms with Crippen LogP contribution in [0.15, 0.2) is 11.1 Å². The Bertz CT molecular complexity index is 384. The van der Waals surface area contributed by atoms with Gasteiger partial charge in [-0.3, -0.25) is 9.59 Å². The predicted octanol–water partition coefficient (Wildman–Crippen LogP) is 1.95. The Hall–Kier alpha value is -1.32. The first-order chi connectivity index (χ1) is 8.02. The summed E-state index contributed by atoms with van der Waals surface area (Å²) in [7, 11) is 0. The monoisotopic (exact) mass is 237 g/mol. The van der Waals surface area contributed by atoms with E-state index >= 15 is 0 Å². The van der Waals surface area contributed by atoms with Crippen LogP contribution in [0.1, 0.15) is 46.0 Å². The van der Waals surface area contributed by atoms with Crippen LogP contribution in [-0.2, 0) is 9.59 Å². The van der Waals surface area contributed by atoms with Crippen LogP contribution in [0.2, 0.25) is 0 Å². The topological polar surface area (TPSA) is 57.6 Å². The van der Waals surface area contributed by atoms with Crippen LogP contribution in [0.4, 0.5) is 0 Å². The molecule has 2 rings (SSSR count). The number of hydrogen-bond donors (Lipinski definition) is 1. The fraction of sp³-hybridized carbons (Fsp3) is 0.692. The Kier molecular flexibility index (Phi) is 3.22. The molecule has 0 radical (unpaired) electrons. The van der Waals surface area contributed by atoms with Crippen LogP contribution in [0.25, 0.3) is 0 Å². The molecule has 1 saturated carbocycles. The van der Waals surface area contributed by atoms with E-state index in [1.165, 1.54) is 0 Å². The molecule has 17 heavy (non-hydrogen) atoms. The summed E-state index contributed by atoms with van der Waals surface area (Å²) in [5.41, 5.74) is 1.65. The number of aliphatic carboxylic acids is 1. The smallest absolute Gasteiger partial charge is 0.308 e. The van der Waals surface area contributed by atoms with Crippen LogP contribution >= 0.6 is 0 Å². The number of hydrogen-bond acceptors (Lipinski definition) is 2. The number of carbonyl (C=O) groups is 2. The molecule has 1 N–H and O–H groups in total. The van der Waals surface area contributed by atoms with Crippen molar-refractivity contribution in [3.05, 3.63) is 11.1 Å². The third-order valence-corrected chi connectivity index (χ3v) is 3.68. The van der Waals surface area contributed by atoms with E-state index in [1.54, 1.807) is 0 Å². The summed E-state index contributed by atoms with van der Waals surface area (Å²) in [4.78, 5) is 25.0. The number of amides is 1. The van der Waals surface area contributed by atoms with Crippen molar-refractivity contribution < 1.29 is 14.7 Å². The molecule has 1 aliphatic carbocycles. The van der Waals surface area contributed by atoms with Crippen LogP contribution in [0.3, 0.4) is 0 Å². The van der Waals surface area contributed by atoms with Crippen LogP contribution in [0.5, 0.6) is 0 Å². The lowest BCUT2D eigenvalue weighted by Gasteiger charge is -2.33. The fourth-order valence-electron chi connectivity index (χ4n) is 3.02. The lowest BCUT2D eigenvalue weighted by atomic mass is 9.88. The summed E-state index contributed by atoms with van der Waals surface area (Å²) in [5, 5.41) is 8.90. The number of carboxylic acid groups (broad SMARTS) is 1. The van der Waals surface area contributed by atoms with Crippen LogP contribution in [-0.4, -0.2) is 34.0 Å². The molecule has 1 aliphatic heterocycles. The van der Waals surface area contributed by atoms with E-state index in [4.69, 9.17) is 5.11 Å². The van der Waals surface area contributed by atoms with Crippen molar-refractivity contribution in [1.29, 1.82) is 0 Å². The normalized spacial score (nSPS) is 24.5. The first-order valence-electron chi connectivity index (χ1n) is 6.28. The van der Waals surface area contributed by atoms with Gasteiger partial charge in [-0.25, -0.2) is 0 Å². The highest BCUT2D eigenvalue weighted by molar-refractivity contribution is 6.01. The Morgan fingerprint density at radius 2 is 2.18 bits per heavy atom. The number of carboxylic acids is 1. The zero-order valence-electron chi connectivity index (χ0n) is 10.4. The van der Waals surface area contributed by atoms with Crippen LogP contribution < -0.4 is 0 Å². The van der Waals surface area contributed by atoms with Gasteiger partial charge in [0.25, 0.3) is 5.91 Å². The first kappa shape index (κ1) is 12.1. The maximum atomic E-state index is 12.3. The van der Waals surface area contributed by atoms with Crippen molar-refractivity contribution in [2.45, 2.75) is 58.0 Å². The molecule has 0 aromatic rings. The quantitative estimate of drug-likeness (QED) is 0.816. The maximum absolute atomic E-state index is 12.3. The van der Waals surface area contributed by atoms with Gasteiger partial charge in [-0.1, -0.05) is 6.42 Å². The molecule has 1 heterocycles. The molecule has 1 amide bonds. The van der Waals surface area contributed by atoms with E-state index in [1.807, 2.05) is 18.7 Å². The molecule has 0 aromatic heterocycles. The van der Waals surface area contributed by atoms with Crippen molar-refractivity contribution in [2.24, 2.45) is 0 Å². The molecular weight excluding hydrogens is 218 g/mol. The van der Waals surface area contributed by atoms with Gasteiger partial charge in [0.05, 0.1) is 12.5 Å². The van der Waals surface area contributed by atoms with Gasteiger partial charge in [0, 0.05) is 11.6 Å². The summed E-state index contributed by atoms with van der Waals surface area (Å²) in [6.07, 6.45) is 3.97. The largest absolute Gasteiger partial charge is 0.481 e. The Labute approximate surface area is 101 Å². The molecule has 1 unspecified atom stereocenters. The van der Waals surface area contributed by atoms with Gasteiger partial charge in [-0.05, 0) is 38.7 Å². The molecule has 94 valence electrons. The van der Waals surface area contributed by atoms with Crippen LogP contribution in [0, 0.1) is 0 Å². The standard InChI is InChI=1S/C13H19NO3/c1-8(2)14-11-6-4-3-5-9(11)10(13(14)17)7-12(15)16/h8,11H,3-7H2,1-2H3,(H,15,16). The average Bonchev–Trinajstić information content (AvgIpc) is 2.52. The van der Waals surface area contributed by atoms with Gasteiger partial charge in [0.1, 0.15) is 0 Å². The molecular formula is C13H19NO3. The van der Waals surface area contributed by atoms with Crippen molar-refractivity contribution in [3.63, 3.8) is 0 Å². The third kappa shape index (κ3) is 2.08. The molecule has 2 aliphatic rings. The number of nitrogens with zero attached hydrogens (tertiary/aromatic N) is 1. The molecule has 0 saturated heterocycles. The van der Waals surface area contributed by atoms with E-state index < -0.39 is 5.97 Å². The second-order valence-electron chi connectivity index (χ2n) is 5.14. The SMILES string of the molecule is CC(C)N1C(=O)C(CC(=O)O)=C2CCCCC21. The van der Waals surface area contributed by atoms with Gasteiger partial charge in [-0.2, -0.15) is 0 Å². The summed E-state index contributed by atoms with van der Waals surface area (Å²) in [6, 6.07) is 0.317. The molecule has 0 spiro atoms. The van der Waals surface area contributed by atoms with Crippen molar-refractivity contribution in [2.75, 3.05) is 0 Å². The summed E-state index contributed by atoms with van der Waals surface area (Å²) >= 11 is 0. The molecule has 4 heteroatoms. The van der Waals surface area contributed by atoms with Crippen molar-refractivity contribution in [3.8, 4) is 0 Å². The Morgan fingerprint density at radius 1 is 1.47 bits per heavy atom. The number of fused-ring (bicyclic) bond motifs is 1. The molecule has 0 bridgehead atoms. The van der Waals surface area contributed by atoms with Gasteiger partial charge in [0.15, 0.2) is 0 Å². The van der Waals surface area contributed by atoms with Crippen molar-refractivity contribution in [1.82, 2.24) is 4.90 Å².